The third-order valence-corrected chi connectivity index (χ3v) is 4.24. The zero-order valence-electron chi connectivity index (χ0n) is 9.95. The molecule has 2 unspecified atom stereocenters. The summed E-state index contributed by atoms with van der Waals surface area (Å²) >= 11 is 0. The van der Waals surface area contributed by atoms with Crippen molar-refractivity contribution in [2.24, 2.45) is 5.92 Å². The van der Waals surface area contributed by atoms with Crippen molar-refractivity contribution in [3.8, 4) is 0 Å². The first kappa shape index (κ1) is 11.0. The number of rotatable bonds is 1. The van der Waals surface area contributed by atoms with E-state index in [4.69, 9.17) is 0 Å². The van der Waals surface area contributed by atoms with Crippen LogP contribution in [0.3, 0.4) is 0 Å². The zero-order chi connectivity index (χ0) is 11.8. The Morgan fingerprint density at radius 2 is 2.18 bits per heavy atom. The first-order valence-corrected chi connectivity index (χ1v) is 6.59. The zero-order valence-corrected chi connectivity index (χ0v) is 9.95. The van der Waals surface area contributed by atoms with E-state index in [-0.39, 0.29) is 29.8 Å². The predicted molar refractivity (Wildman–Crippen MR) is 62.3 cm³/mol. The van der Waals surface area contributed by atoms with Crippen LogP contribution in [-0.4, -0.2) is 48.4 Å². The Labute approximate surface area is 101 Å². The summed E-state index contributed by atoms with van der Waals surface area (Å²) in [6, 6.07) is 0.0932. The van der Waals surface area contributed by atoms with Gasteiger partial charge in [-0.1, -0.05) is 0 Å². The molecule has 0 bridgehead atoms. The summed E-state index contributed by atoms with van der Waals surface area (Å²) in [5, 5.41) is 6.13. The van der Waals surface area contributed by atoms with Crippen LogP contribution in [0.2, 0.25) is 0 Å². The summed E-state index contributed by atoms with van der Waals surface area (Å²) in [5.41, 5.74) is 0. The Morgan fingerprint density at radius 1 is 1.29 bits per heavy atom. The number of hydrogen-bond acceptors (Lipinski definition) is 3. The van der Waals surface area contributed by atoms with Crippen LogP contribution in [0.4, 0.5) is 0 Å². The molecule has 0 saturated carbocycles. The van der Waals surface area contributed by atoms with Crippen molar-refractivity contribution in [3.05, 3.63) is 0 Å². The minimum absolute atomic E-state index is 0.00977. The Morgan fingerprint density at radius 3 is 2.94 bits per heavy atom. The first-order valence-electron chi connectivity index (χ1n) is 6.59. The van der Waals surface area contributed by atoms with Crippen LogP contribution in [0, 0.1) is 5.92 Å². The molecular formula is C12H19N3O2. The summed E-state index contributed by atoms with van der Waals surface area (Å²) in [4.78, 5) is 25.9. The van der Waals surface area contributed by atoms with Crippen LogP contribution in [0.1, 0.15) is 25.7 Å². The van der Waals surface area contributed by atoms with E-state index in [0.29, 0.717) is 6.54 Å². The van der Waals surface area contributed by atoms with Gasteiger partial charge >= 0.3 is 0 Å². The number of fused-ring (bicyclic) bond motifs is 1. The highest BCUT2D eigenvalue weighted by molar-refractivity contribution is 5.86. The fraction of sp³-hybridized carbons (Fsp3) is 0.833. The molecule has 3 fully saturated rings. The maximum absolute atomic E-state index is 12.4. The monoisotopic (exact) mass is 237 g/mol. The molecule has 3 saturated heterocycles. The summed E-state index contributed by atoms with van der Waals surface area (Å²) in [6.07, 6.45) is 3.90. The van der Waals surface area contributed by atoms with E-state index in [1.165, 1.54) is 0 Å². The van der Waals surface area contributed by atoms with Crippen molar-refractivity contribution < 1.29 is 9.59 Å². The molecule has 0 aliphatic carbocycles. The van der Waals surface area contributed by atoms with Gasteiger partial charge in [0.15, 0.2) is 0 Å². The molecular weight excluding hydrogens is 218 g/mol. The van der Waals surface area contributed by atoms with Gasteiger partial charge in [0.25, 0.3) is 0 Å². The molecule has 3 aliphatic heterocycles. The summed E-state index contributed by atoms with van der Waals surface area (Å²) in [5.74, 6) is 0.370. The molecule has 3 rings (SSSR count). The largest absolute Gasteiger partial charge is 0.354 e. The molecule has 2 amide bonds. The molecule has 5 nitrogen and oxygen atoms in total. The van der Waals surface area contributed by atoms with Gasteiger partial charge in [0, 0.05) is 13.1 Å². The maximum Gasteiger partial charge on any atom is 0.240 e. The van der Waals surface area contributed by atoms with E-state index in [1.807, 2.05) is 4.90 Å². The van der Waals surface area contributed by atoms with E-state index in [9.17, 15) is 9.59 Å². The van der Waals surface area contributed by atoms with Crippen molar-refractivity contribution >= 4 is 11.8 Å². The van der Waals surface area contributed by atoms with Crippen LogP contribution in [0.25, 0.3) is 0 Å². The number of nitrogens with zero attached hydrogens (tertiary/aromatic N) is 1. The van der Waals surface area contributed by atoms with E-state index >= 15 is 0 Å². The standard InChI is InChI=1S/C12H19N3O2/c16-11-8-3-2-6-15(10(8)7-14-11)12(17)9-4-1-5-13-9/h8-10,13H,1-7H2,(H,14,16)/t8?,9-,10?/m1/s1. The lowest BCUT2D eigenvalue weighted by Crippen LogP contribution is -2.53. The Kier molecular flexibility index (Phi) is 2.78. The number of likely N-dealkylation sites (tertiary alicyclic amines) is 1. The second-order valence-electron chi connectivity index (χ2n) is 5.24. The molecule has 0 radical (unpaired) electrons. The van der Waals surface area contributed by atoms with Crippen molar-refractivity contribution in [1.29, 1.82) is 0 Å². The Bertz CT molecular complexity index is 339. The average molecular weight is 237 g/mol. The number of carbonyl (C=O) groups excluding carboxylic acids is 2. The minimum Gasteiger partial charge on any atom is -0.354 e. The fourth-order valence-electron chi connectivity index (χ4n) is 3.32. The molecule has 0 aromatic rings. The smallest absolute Gasteiger partial charge is 0.240 e. The van der Waals surface area contributed by atoms with Gasteiger partial charge < -0.3 is 15.5 Å². The van der Waals surface area contributed by atoms with Crippen LogP contribution in [0.5, 0.6) is 0 Å². The summed E-state index contributed by atoms with van der Waals surface area (Å²) in [6.45, 7) is 2.39. The highest BCUT2D eigenvalue weighted by Gasteiger charge is 2.44. The third kappa shape index (κ3) is 1.82. The van der Waals surface area contributed by atoms with Crippen molar-refractivity contribution in [3.63, 3.8) is 0 Å². The van der Waals surface area contributed by atoms with Gasteiger partial charge in [-0.05, 0) is 32.2 Å². The maximum atomic E-state index is 12.4. The molecule has 0 aromatic carbocycles. The number of nitrogens with one attached hydrogen (secondary N) is 2. The van der Waals surface area contributed by atoms with Crippen LogP contribution < -0.4 is 10.6 Å². The lowest BCUT2D eigenvalue weighted by Gasteiger charge is -2.37. The molecule has 17 heavy (non-hydrogen) atoms. The fourth-order valence-corrected chi connectivity index (χ4v) is 3.32. The summed E-state index contributed by atoms with van der Waals surface area (Å²) < 4.78 is 0. The van der Waals surface area contributed by atoms with Gasteiger partial charge in [-0.3, -0.25) is 9.59 Å². The molecule has 0 aromatic heterocycles. The molecule has 5 heteroatoms. The molecule has 94 valence electrons. The molecule has 3 heterocycles. The highest BCUT2D eigenvalue weighted by Crippen LogP contribution is 2.28. The van der Waals surface area contributed by atoms with Gasteiger partial charge in [-0.25, -0.2) is 0 Å². The normalized spacial score (nSPS) is 36.8. The second kappa shape index (κ2) is 4.29. The lowest BCUT2D eigenvalue weighted by atomic mass is 9.91. The van der Waals surface area contributed by atoms with Crippen molar-refractivity contribution in [2.75, 3.05) is 19.6 Å². The van der Waals surface area contributed by atoms with Gasteiger partial charge in [-0.15, -0.1) is 0 Å². The topological polar surface area (TPSA) is 61.4 Å². The van der Waals surface area contributed by atoms with Crippen molar-refractivity contribution in [1.82, 2.24) is 15.5 Å². The number of carbonyl (C=O) groups is 2. The number of hydrogen-bond donors (Lipinski definition) is 2. The molecule has 2 N–H and O–H groups in total. The predicted octanol–water partition coefficient (Wildman–Crippen LogP) is -0.525. The first-order chi connectivity index (χ1) is 8.27. The molecule has 3 atom stereocenters. The van der Waals surface area contributed by atoms with Gasteiger partial charge in [-0.2, -0.15) is 0 Å². The third-order valence-electron chi connectivity index (χ3n) is 4.24. The van der Waals surface area contributed by atoms with Gasteiger partial charge in [0.1, 0.15) is 0 Å². The average Bonchev–Trinajstić information content (AvgIpc) is 2.98. The minimum atomic E-state index is -0.00977. The van der Waals surface area contributed by atoms with Crippen LogP contribution in [0.15, 0.2) is 0 Å². The van der Waals surface area contributed by atoms with Gasteiger partial charge in [0.2, 0.25) is 11.8 Å². The van der Waals surface area contributed by atoms with Crippen molar-refractivity contribution in [2.45, 2.75) is 37.8 Å². The van der Waals surface area contributed by atoms with Gasteiger partial charge in [0.05, 0.1) is 18.0 Å². The molecule has 3 aliphatic rings. The quantitative estimate of drug-likeness (QED) is 0.645. The van der Waals surface area contributed by atoms with Crippen LogP contribution >= 0.6 is 0 Å². The Balaban J connectivity index is 1.73. The lowest BCUT2D eigenvalue weighted by molar-refractivity contribution is -0.138. The van der Waals surface area contributed by atoms with E-state index in [1.54, 1.807) is 0 Å². The van der Waals surface area contributed by atoms with E-state index < -0.39 is 0 Å². The summed E-state index contributed by atoms with van der Waals surface area (Å²) in [7, 11) is 0. The second-order valence-corrected chi connectivity index (χ2v) is 5.24. The number of piperidine rings is 1. The number of amides is 2. The Hall–Kier alpha value is -1.10. The molecule has 0 spiro atoms. The van der Waals surface area contributed by atoms with Crippen LogP contribution in [-0.2, 0) is 9.59 Å². The van der Waals surface area contributed by atoms with E-state index in [2.05, 4.69) is 10.6 Å². The van der Waals surface area contributed by atoms with E-state index in [0.717, 1.165) is 38.8 Å². The highest BCUT2D eigenvalue weighted by atomic mass is 16.2. The SMILES string of the molecule is O=C1NCC2C1CCCN2C(=O)[C@H]1CCCN1.